The van der Waals surface area contributed by atoms with Crippen molar-refractivity contribution in [2.24, 2.45) is 5.92 Å². The highest BCUT2D eigenvalue weighted by Crippen LogP contribution is 2.19. The van der Waals surface area contributed by atoms with Crippen LogP contribution in [-0.4, -0.2) is 54.0 Å². The summed E-state index contributed by atoms with van der Waals surface area (Å²) >= 11 is 0. The summed E-state index contributed by atoms with van der Waals surface area (Å²) in [6.45, 7) is 7.58. The van der Waals surface area contributed by atoms with Crippen molar-refractivity contribution in [2.75, 3.05) is 26.3 Å². The molecule has 0 aromatic carbocycles. The van der Waals surface area contributed by atoms with Crippen LogP contribution in [0.3, 0.4) is 0 Å². The van der Waals surface area contributed by atoms with Crippen molar-refractivity contribution in [3.05, 3.63) is 0 Å². The number of carboxylic acid groups (broad SMARTS) is 1. The van der Waals surface area contributed by atoms with E-state index in [1.54, 1.807) is 4.90 Å². The summed E-state index contributed by atoms with van der Waals surface area (Å²) in [6, 6.07) is 0. The molecule has 6 nitrogen and oxygen atoms in total. The first-order valence-electron chi connectivity index (χ1n) is 7.05. The van der Waals surface area contributed by atoms with Crippen LogP contribution < -0.4 is 0 Å². The smallest absolute Gasteiger partial charge is 0.410 e. The van der Waals surface area contributed by atoms with Crippen LogP contribution >= 0.6 is 0 Å². The molecule has 1 unspecified atom stereocenters. The lowest BCUT2D eigenvalue weighted by Crippen LogP contribution is -2.43. The number of carboxylic acids is 1. The largest absolute Gasteiger partial charge is 0.481 e. The second-order valence-corrected chi connectivity index (χ2v) is 6.15. The summed E-state index contributed by atoms with van der Waals surface area (Å²) in [6.07, 6.45) is 1.65. The van der Waals surface area contributed by atoms with E-state index in [9.17, 15) is 9.59 Å². The Balaban J connectivity index is 2.31. The molecule has 0 aromatic heterocycles. The van der Waals surface area contributed by atoms with Gasteiger partial charge in [0.25, 0.3) is 0 Å². The van der Waals surface area contributed by atoms with Crippen molar-refractivity contribution in [1.29, 1.82) is 0 Å². The highest BCUT2D eigenvalue weighted by Gasteiger charge is 2.27. The molecule has 1 aliphatic heterocycles. The summed E-state index contributed by atoms with van der Waals surface area (Å²) < 4.78 is 10.7. The van der Waals surface area contributed by atoms with E-state index in [2.05, 4.69) is 0 Å². The Labute approximate surface area is 120 Å². The molecule has 1 heterocycles. The van der Waals surface area contributed by atoms with Gasteiger partial charge in [0.1, 0.15) is 5.60 Å². The fourth-order valence-corrected chi connectivity index (χ4v) is 2.10. The minimum absolute atomic E-state index is 0.0164. The lowest BCUT2D eigenvalue weighted by molar-refractivity contribution is -0.138. The molecule has 1 atom stereocenters. The quantitative estimate of drug-likeness (QED) is 0.784. The number of nitrogens with zero attached hydrogens (tertiary/aromatic N) is 1. The van der Waals surface area contributed by atoms with Gasteiger partial charge in [-0.3, -0.25) is 4.79 Å². The average Bonchev–Trinajstić information content (AvgIpc) is 2.33. The van der Waals surface area contributed by atoms with Gasteiger partial charge in [-0.05, 0) is 33.6 Å². The third-order valence-corrected chi connectivity index (χ3v) is 2.98. The number of likely N-dealkylation sites (tertiary alicyclic amines) is 1. The van der Waals surface area contributed by atoms with Gasteiger partial charge in [0, 0.05) is 19.0 Å². The van der Waals surface area contributed by atoms with Gasteiger partial charge < -0.3 is 19.5 Å². The molecule has 1 amide bonds. The Kier molecular flexibility index (Phi) is 6.26. The lowest BCUT2D eigenvalue weighted by Gasteiger charge is -2.34. The topological polar surface area (TPSA) is 76.1 Å². The minimum Gasteiger partial charge on any atom is -0.481 e. The van der Waals surface area contributed by atoms with Gasteiger partial charge in [0.2, 0.25) is 0 Å². The summed E-state index contributed by atoms with van der Waals surface area (Å²) in [5.74, 6) is -0.603. The van der Waals surface area contributed by atoms with Crippen LogP contribution in [0.25, 0.3) is 0 Å². The number of hydrogen-bond donors (Lipinski definition) is 1. The molecule has 1 N–H and O–H groups in total. The second kappa shape index (κ2) is 7.47. The Morgan fingerprint density at radius 3 is 2.65 bits per heavy atom. The van der Waals surface area contributed by atoms with Gasteiger partial charge in [0.05, 0.1) is 19.6 Å². The Bertz CT molecular complexity index is 337. The number of piperidine rings is 1. The number of aliphatic carboxylic acids is 1. The van der Waals surface area contributed by atoms with Gasteiger partial charge in [-0.2, -0.15) is 0 Å². The monoisotopic (exact) mass is 287 g/mol. The standard InChI is InChI=1S/C14H25NO5/c1-14(2,3)20-13(18)15-7-4-5-11(9-15)10-19-8-6-12(16)17/h11H,4-10H2,1-3H3,(H,16,17). The highest BCUT2D eigenvalue weighted by molar-refractivity contribution is 5.68. The molecular weight excluding hydrogens is 262 g/mol. The molecule has 0 aromatic rings. The van der Waals surface area contributed by atoms with E-state index in [-0.39, 0.29) is 25.0 Å². The first-order chi connectivity index (χ1) is 9.28. The van der Waals surface area contributed by atoms with Crippen molar-refractivity contribution in [3.63, 3.8) is 0 Å². The maximum Gasteiger partial charge on any atom is 0.410 e. The zero-order valence-electron chi connectivity index (χ0n) is 12.6. The minimum atomic E-state index is -0.857. The Hall–Kier alpha value is -1.30. The van der Waals surface area contributed by atoms with E-state index in [0.29, 0.717) is 19.7 Å². The van der Waals surface area contributed by atoms with Crippen LogP contribution in [0.1, 0.15) is 40.0 Å². The van der Waals surface area contributed by atoms with E-state index in [0.717, 1.165) is 12.8 Å². The van der Waals surface area contributed by atoms with Gasteiger partial charge in [-0.25, -0.2) is 4.79 Å². The summed E-state index contributed by atoms with van der Waals surface area (Å²) in [7, 11) is 0. The number of amides is 1. The molecule has 0 radical (unpaired) electrons. The molecule has 0 bridgehead atoms. The molecule has 0 spiro atoms. The first-order valence-corrected chi connectivity index (χ1v) is 7.05. The number of carbonyl (C=O) groups excluding carboxylic acids is 1. The summed E-state index contributed by atoms with van der Waals surface area (Å²) in [5.41, 5.74) is -0.484. The Morgan fingerprint density at radius 1 is 1.35 bits per heavy atom. The summed E-state index contributed by atoms with van der Waals surface area (Å²) in [4.78, 5) is 24.0. The number of carbonyl (C=O) groups is 2. The van der Waals surface area contributed by atoms with Crippen LogP contribution in [0.4, 0.5) is 4.79 Å². The van der Waals surface area contributed by atoms with Gasteiger partial charge in [-0.15, -0.1) is 0 Å². The zero-order valence-corrected chi connectivity index (χ0v) is 12.6. The normalized spacial score (nSPS) is 19.8. The predicted molar refractivity (Wildman–Crippen MR) is 73.6 cm³/mol. The SMILES string of the molecule is CC(C)(C)OC(=O)N1CCCC(COCCC(=O)O)C1. The van der Waals surface area contributed by atoms with Gasteiger partial charge in [0.15, 0.2) is 0 Å². The third kappa shape index (κ3) is 6.75. The van der Waals surface area contributed by atoms with E-state index < -0.39 is 11.6 Å². The molecule has 116 valence electrons. The fraction of sp³-hybridized carbons (Fsp3) is 0.857. The van der Waals surface area contributed by atoms with E-state index in [1.807, 2.05) is 20.8 Å². The maximum absolute atomic E-state index is 12.0. The number of rotatable bonds is 5. The second-order valence-electron chi connectivity index (χ2n) is 6.15. The molecule has 0 aliphatic carbocycles. The molecule has 1 rings (SSSR count). The van der Waals surface area contributed by atoms with E-state index >= 15 is 0 Å². The molecule has 0 saturated carbocycles. The highest BCUT2D eigenvalue weighted by atomic mass is 16.6. The number of ether oxygens (including phenoxy) is 2. The lowest BCUT2D eigenvalue weighted by atomic mass is 9.99. The van der Waals surface area contributed by atoms with Crippen LogP contribution in [0.15, 0.2) is 0 Å². The molecule has 20 heavy (non-hydrogen) atoms. The van der Waals surface area contributed by atoms with E-state index in [4.69, 9.17) is 14.6 Å². The van der Waals surface area contributed by atoms with Crippen molar-refractivity contribution in [3.8, 4) is 0 Å². The van der Waals surface area contributed by atoms with Crippen LogP contribution in [0, 0.1) is 5.92 Å². The number of hydrogen-bond acceptors (Lipinski definition) is 4. The van der Waals surface area contributed by atoms with Crippen molar-refractivity contribution >= 4 is 12.1 Å². The van der Waals surface area contributed by atoms with Crippen LogP contribution in [-0.2, 0) is 14.3 Å². The zero-order chi connectivity index (χ0) is 15.2. The van der Waals surface area contributed by atoms with E-state index in [1.165, 1.54) is 0 Å². The predicted octanol–water partition coefficient (Wildman–Crippen LogP) is 2.12. The van der Waals surface area contributed by atoms with Crippen LogP contribution in [0.5, 0.6) is 0 Å². The fourth-order valence-electron chi connectivity index (χ4n) is 2.10. The molecule has 6 heteroatoms. The maximum atomic E-state index is 12.0. The average molecular weight is 287 g/mol. The molecule has 1 fully saturated rings. The van der Waals surface area contributed by atoms with Gasteiger partial charge >= 0.3 is 12.1 Å². The third-order valence-electron chi connectivity index (χ3n) is 2.98. The van der Waals surface area contributed by atoms with Gasteiger partial charge in [-0.1, -0.05) is 0 Å². The Morgan fingerprint density at radius 2 is 2.05 bits per heavy atom. The van der Waals surface area contributed by atoms with Crippen LogP contribution in [0.2, 0.25) is 0 Å². The summed E-state index contributed by atoms with van der Waals surface area (Å²) in [5, 5.41) is 8.52. The molecule has 1 aliphatic rings. The van der Waals surface area contributed by atoms with Crippen molar-refractivity contribution < 1.29 is 24.2 Å². The van der Waals surface area contributed by atoms with Crippen molar-refractivity contribution in [1.82, 2.24) is 4.90 Å². The van der Waals surface area contributed by atoms with Crippen molar-refractivity contribution in [2.45, 2.75) is 45.6 Å². The first kappa shape index (κ1) is 16.8. The molecule has 1 saturated heterocycles. The molecular formula is C14H25NO5.